The molecule has 0 spiro atoms. The molecule has 0 fully saturated rings. The molecule has 0 bridgehead atoms. The summed E-state index contributed by atoms with van der Waals surface area (Å²) in [5, 5.41) is 40.1. The van der Waals surface area contributed by atoms with Crippen molar-refractivity contribution in [2.24, 2.45) is 22.9 Å². The fourth-order valence-electron chi connectivity index (χ4n) is 2.30. The molecule has 0 amide bonds. The number of carbonyl (C=O) groups is 7. The van der Waals surface area contributed by atoms with Crippen LogP contribution in [-0.4, -0.2) is 310 Å². The van der Waals surface area contributed by atoms with Gasteiger partial charge in [0.1, 0.15) is 4.90 Å². The third-order valence-electron chi connectivity index (χ3n) is 3.89. The Morgan fingerprint density at radius 3 is 1.06 bits per heavy atom. The van der Waals surface area contributed by atoms with Crippen LogP contribution in [0.25, 0.3) is 0 Å². The number of esters is 1. The topological polar surface area (TPSA) is 475 Å². The summed E-state index contributed by atoms with van der Waals surface area (Å²) >= 11 is 0.710. The predicted octanol–water partition coefficient (Wildman–Crippen LogP) is -2.75. The molecule has 0 saturated carbocycles. The van der Waals surface area contributed by atoms with E-state index in [4.69, 9.17) is 99.3 Å². The van der Waals surface area contributed by atoms with E-state index in [1.54, 1.807) is 13.0 Å². The van der Waals surface area contributed by atoms with Gasteiger partial charge < -0.3 is 58.5 Å². The standard InChI is InChI=1S/C15H22O5S.C4H13N3.C2H8N2.5C2H4O2.C2H3O.6Na.H2O4S.5H/c1-2-3-4-5-6-7-12-15(16)20-13-10-8-9-11-14(13)21(17,18)19;5-1-3-7-4-2-6;3-1-2-4;5*1-2(3)4;1-2-3;;;;;;;1-5(2,3)4;;;;;/h8-11H,2-7,12H2,1H3,(H,17,18,19);7H,1-6H2;1-4H2;5*1H3,(H,3,4);1H3;;;;;;;(H2,1,2,3,4);;;;;. The number of hydrogen-bond donors (Lipinski definition) is 13. The molecule has 66 heavy (non-hydrogen) atoms. The number of carboxylic acids is 5. The van der Waals surface area contributed by atoms with E-state index in [2.05, 4.69) is 12.2 Å². The molecule has 0 aliphatic carbocycles. The van der Waals surface area contributed by atoms with E-state index in [0.717, 1.165) is 73.4 Å². The molecule has 0 radical (unpaired) electrons. The van der Waals surface area contributed by atoms with Crippen LogP contribution in [0.5, 0.6) is 5.75 Å². The molecular formula is C33H73N5Na6O20S2. The number of hydrogen-bond acceptors (Lipinski definition) is 17. The molecule has 0 saturated heterocycles. The van der Waals surface area contributed by atoms with Crippen LogP contribution in [0.15, 0.2) is 29.2 Å². The van der Waals surface area contributed by atoms with Crippen LogP contribution in [0.2, 0.25) is 0 Å². The number of nitrogens with two attached hydrogens (primary N) is 4. The van der Waals surface area contributed by atoms with E-state index < -0.39 is 56.3 Å². The number of unbranched alkanes of at least 4 members (excludes halogenated alkanes) is 5. The van der Waals surface area contributed by atoms with Crippen molar-refractivity contribution < 1.29 is 94.3 Å². The zero-order chi connectivity index (χ0) is 50.6. The number of nitrogens with one attached hydrogen (secondary N) is 1. The van der Waals surface area contributed by atoms with E-state index >= 15 is 0 Å². The van der Waals surface area contributed by atoms with Crippen LogP contribution in [0.4, 0.5) is 0 Å². The zero-order valence-corrected chi connectivity index (χ0v) is 39.7. The molecule has 1 aromatic rings. The van der Waals surface area contributed by atoms with Gasteiger partial charge in [0.15, 0.2) is 5.75 Å². The van der Waals surface area contributed by atoms with Crippen LogP contribution in [0.3, 0.4) is 0 Å². The van der Waals surface area contributed by atoms with E-state index in [0.29, 0.717) is 57.1 Å². The van der Waals surface area contributed by atoms with Crippen LogP contribution in [0, 0.1) is 0 Å². The van der Waals surface area contributed by atoms with E-state index in [9.17, 15) is 18.0 Å². The van der Waals surface area contributed by atoms with Crippen LogP contribution >= 0.6 is 0 Å². The van der Waals surface area contributed by atoms with Gasteiger partial charge in [0.25, 0.3) is 40.0 Å². The number of carbonyl (C=O) groups excluding carboxylic acids is 2. The van der Waals surface area contributed by atoms with Gasteiger partial charge in [-0.25, -0.2) is 0 Å². The third-order valence-corrected chi connectivity index (χ3v) is 4.79. The molecule has 0 aliphatic heterocycles. The summed E-state index contributed by atoms with van der Waals surface area (Å²) in [7, 11) is -9.06. The molecule has 368 valence electrons. The molecule has 0 atom stereocenters. The molecule has 0 unspecified atom stereocenters. The van der Waals surface area contributed by atoms with Crippen molar-refractivity contribution in [3.05, 3.63) is 24.3 Å². The van der Waals surface area contributed by atoms with Crippen molar-refractivity contribution in [3.8, 4) is 5.75 Å². The van der Waals surface area contributed by atoms with Gasteiger partial charge in [0.2, 0.25) is 0 Å². The average Bonchev–Trinajstić information content (AvgIpc) is 3.04. The minimum absolute atomic E-state index is 0. The molecule has 1 rings (SSSR count). The van der Waals surface area contributed by atoms with Crippen molar-refractivity contribution in [2.45, 2.75) is 98.3 Å². The van der Waals surface area contributed by atoms with Crippen LogP contribution in [0.1, 0.15) is 93.4 Å². The Morgan fingerprint density at radius 1 is 0.561 bits per heavy atom. The number of aliphatic carboxylic acids is 5. The Balaban J connectivity index is -0.0000000421. The molecule has 25 nitrogen and oxygen atoms in total. The predicted molar refractivity (Wildman–Crippen MR) is 262 cm³/mol. The van der Waals surface area contributed by atoms with Crippen molar-refractivity contribution >= 4 is 235 Å². The van der Waals surface area contributed by atoms with Crippen molar-refractivity contribution in [3.63, 3.8) is 0 Å². The summed E-state index contributed by atoms with van der Waals surface area (Å²) in [6.07, 6.45) is 6.54. The molecule has 33 heteroatoms. The molecule has 17 N–H and O–H groups in total. The zero-order valence-electron chi connectivity index (χ0n) is 36.1. The van der Waals surface area contributed by atoms with Gasteiger partial charge in [-0.3, -0.25) is 42.4 Å². The Morgan fingerprint density at radius 2 is 0.818 bits per heavy atom. The summed E-state index contributed by atoms with van der Waals surface area (Å²) in [5.74, 6) is -4.78. The number of benzene rings is 1. The molecule has 1 aromatic carbocycles. The number of rotatable bonds is 14. The monoisotopic (exact) mass is 1060 g/mol. The fraction of sp³-hybridized carbons (Fsp3) is 0.606. The van der Waals surface area contributed by atoms with Gasteiger partial charge in [-0.2, -0.15) is 16.8 Å². The van der Waals surface area contributed by atoms with E-state index in [-0.39, 0.29) is 165 Å². The second-order valence-electron chi connectivity index (χ2n) is 10.8. The second-order valence-corrected chi connectivity index (χ2v) is 14.5. The molecular weight excluding hydrogens is 988 g/mol. The Bertz CT molecular complexity index is 1360. The normalized spacial score (nSPS) is 8.24. The van der Waals surface area contributed by atoms with Crippen LogP contribution < -0.4 is 33.0 Å². The first-order valence-corrected chi connectivity index (χ1v) is 21.4. The summed E-state index contributed by atoms with van der Waals surface area (Å²) in [6, 6.07) is 5.54. The minimum atomic E-state index is -4.67. The first-order valence-electron chi connectivity index (χ1n) is 17.6. The quantitative estimate of drug-likeness (QED) is 0.0295. The second kappa shape index (κ2) is 80.4. The average molecular weight is 1060 g/mol. The third kappa shape index (κ3) is 217. The molecule has 0 aromatic heterocycles. The van der Waals surface area contributed by atoms with Gasteiger partial charge in [-0.05, 0) is 18.6 Å². The van der Waals surface area contributed by atoms with E-state index in [1.165, 1.54) is 31.0 Å². The fourth-order valence-corrected chi connectivity index (χ4v) is 2.91. The van der Waals surface area contributed by atoms with Gasteiger partial charge >= 0.3 is 207 Å². The maximum atomic E-state index is 11.7. The van der Waals surface area contributed by atoms with Crippen molar-refractivity contribution in [2.75, 3.05) is 39.3 Å². The van der Waals surface area contributed by atoms with Gasteiger partial charge in [0, 0.05) is 80.3 Å². The Hall–Kier alpha value is 1.29. The molecule has 0 heterocycles. The van der Waals surface area contributed by atoms with Crippen molar-refractivity contribution in [1.29, 1.82) is 0 Å². The van der Waals surface area contributed by atoms with Gasteiger partial charge in [0.05, 0.1) is 0 Å². The summed E-state index contributed by atoms with van der Waals surface area (Å²) in [5.41, 5.74) is 20.1. The number of carboxylic acid groups (broad SMARTS) is 5. The van der Waals surface area contributed by atoms with Crippen LogP contribution in [-0.2, 0) is 54.1 Å². The Kier molecular flexibility index (Phi) is 127. The summed E-state index contributed by atoms with van der Waals surface area (Å²) in [4.78, 5) is 65.8. The van der Waals surface area contributed by atoms with Gasteiger partial charge in [-0.15, -0.1) is 0 Å². The molecule has 0 aliphatic rings. The number of ether oxygens (including phenoxy) is 1. The first-order chi connectivity index (χ1) is 27.7. The SMILES string of the molecule is CC(=O)O.CC(=O)O.CC(=O)O.CC(=O)O.CC(=O)O.CCCCCCCCC(=O)Oc1ccccc1S(=O)(=O)O.C[C](=O)[Na].NCCN.NCCNCCN.O=S(=O)(O)O.[NaH].[NaH].[NaH].[NaH].[NaH]. The van der Waals surface area contributed by atoms with Gasteiger partial charge in [-0.1, -0.05) is 51.2 Å². The first kappa shape index (κ1) is 104. The summed E-state index contributed by atoms with van der Waals surface area (Å²) < 4.78 is 68.3. The maximum absolute atomic E-state index is 11.7. The van der Waals surface area contributed by atoms with Crippen molar-refractivity contribution in [1.82, 2.24) is 5.32 Å². The van der Waals surface area contributed by atoms with E-state index in [1.807, 2.05) is 0 Å². The number of para-hydroxylation sites is 1. The Labute approximate surface area is 517 Å². The summed E-state index contributed by atoms with van der Waals surface area (Å²) in [6.45, 7) is 13.5.